The molecule has 2 aliphatic carbocycles. The molecule has 0 amide bonds. The van der Waals surface area contributed by atoms with Crippen molar-refractivity contribution in [2.75, 3.05) is 0 Å². The first kappa shape index (κ1) is 26.1. The first-order valence-electron chi connectivity index (χ1n) is 15.1. The fraction of sp³-hybridized carbons (Fsp3) is 0.0732. The third-order valence-electron chi connectivity index (χ3n) is 9.08. The lowest BCUT2D eigenvalue weighted by Crippen LogP contribution is -2.36. The molecule has 5 aromatic carbocycles. The van der Waals surface area contributed by atoms with E-state index in [1.165, 1.54) is 27.8 Å². The molecular weight excluding hydrogens is 536 g/mol. The van der Waals surface area contributed by atoms with Crippen LogP contribution in [0.2, 0.25) is 0 Å². The fourth-order valence-electron chi connectivity index (χ4n) is 7.11. The molecule has 44 heavy (non-hydrogen) atoms. The molecule has 5 aromatic rings. The van der Waals surface area contributed by atoms with E-state index < -0.39 is 5.41 Å². The van der Waals surface area contributed by atoms with Crippen LogP contribution in [0.25, 0.3) is 22.3 Å². The summed E-state index contributed by atoms with van der Waals surface area (Å²) in [4.78, 5) is 0. The van der Waals surface area contributed by atoms with Crippen molar-refractivity contribution < 1.29 is 4.74 Å². The van der Waals surface area contributed by atoms with Crippen molar-refractivity contribution in [1.29, 1.82) is 10.8 Å². The second-order valence-electron chi connectivity index (χ2n) is 11.5. The van der Waals surface area contributed by atoms with Crippen LogP contribution in [0.5, 0.6) is 5.75 Å². The Hall–Kier alpha value is -5.54. The number of ether oxygens (including phenoxy) is 1. The van der Waals surface area contributed by atoms with Gasteiger partial charge in [0.1, 0.15) is 11.5 Å². The number of nitrogens with one attached hydrogen (secondary N) is 2. The number of hydrogen-bond donors (Lipinski definition) is 2. The van der Waals surface area contributed by atoms with Crippen molar-refractivity contribution >= 4 is 11.4 Å². The van der Waals surface area contributed by atoms with Crippen LogP contribution in [0, 0.1) is 10.8 Å². The second-order valence-corrected chi connectivity index (χ2v) is 11.5. The molecule has 0 saturated carbocycles. The summed E-state index contributed by atoms with van der Waals surface area (Å²) in [6.07, 6.45) is 9.98. The zero-order chi connectivity index (χ0) is 29.7. The van der Waals surface area contributed by atoms with Gasteiger partial charge in [-0.2, -0.15) is 0 Å². The lowest BCUT2D eigenvalue weighted by atomic mass is 9.64. The van der Waals surface area contributed by atoms with Crippen molar-refractivity contribution in [3.8, 4) is 28.0 Å². The molecule has 1 aliphatic heterocycles. The minimum atomic E-state index is -0.427. The van der Waals surface area contributed by atoms with E-state index >= 15 is 0 Å². The maximum atomic E-state index is 8.72. The van der Waals surface area contributed by atoms with Crippen LogP contribution in [-0.4, -0.2) is 11.4 Å². The maximum Gasteiger partial charge on any atom is 0.132 e. The van der Waals surface area contributed by atoms with Gasteiger partial charge in [0.2, 0.25) is 0 Å². The molecule has 8 rings (SSSR count). The van der Waals surface area contributed by atoms with Crippen molar-refractivity contribution in [2.24, 2.45) is 0 Å². The van der Waals surface area contributed by atoms with Gasteiger partial charge in [-0.15, -0.1) is 0 Å². The number of rotatable bonds is 5. The molecule has 0 bridgehead atoms. The van der Waals surface area contributed by atoms with E-state index in [1.54, 1.807) is 12.2 Å². The summed E-state index contributed by atoms with van der Waals surface area (Å²) < 4.78 is 6.72. The van der Waals surface area contributed by atoms with Crippen molar-refractivity contribution in [3.63, 3.8) is 0 Å². The molecule has 2 N–H and O–H groups in total. The molecule has 0 radical (unpaired) electrons. The molecule has 3 aliphatic rings. The SMILES string of the molecule is N=C(/C=C\C(=N)c1cccc(-c2ccc3c(c2)OC2=CCCC=C2C32c3ccccc3-c3ccccc32)c1)c1ccccc1. The highest BCUT2D eigenvalue weighted by molar-refractivity contribution is 6.14. The van der Waals surface area contributed by atoms with Crippen LogP contribution < -0.4 is 4.74 Å². The van der Waals surface area contributed by atoms with E-state index in [0.29, 0.717) is 11.4 Å². The third kappa shape index (κ3) is 3.97. The highest BCUT2D eigenvalue weighted by atomic mass is 16.5. The molecule has 210 valence electrons. The average molecular weight is 567 g/mol. The Balaban J connectivity index is 1.21. The average Bonchev–Trinajstić information content (AvgIpc) is 3.38. The number of hydrogen-bond acceptors (Lipinski definition) is 3. The highest BCUT2D eigenvalue weighted by Gasteiger charge is 2.52. The molecule has 0 fully saturated rings. The maximum absolute atomic E-state index is 8.72. The first-order chi connectivity index (χ1) is 21.6. The van der Waals surface area contributed by atoms with Gasteiger partial charge in [0, 0.05) is 11.1 Å². The van der Waals surface area contributed by atoms with Crippen molar-refractivity contribution in [1.82, 2.24) is 0 Å². The molecule has 1 spiro atoms. The Bertz CT molecular complexity index is 2030. The summed E-state index contributed by atoms with van der Waals surface area (Å²) in [7, 11) is 0. The van der Waals surface area contributed by atoms with E-state index in [9.17, 15) is 0 Å². The third-order valence-corrected chi connectivity index (χ3v) is 9.08. The largest absolute Gasteiger partial charge is 0.457 e. The van der Waals surface area contributed by atoms with Crippen LogP contribution in [0.3, 0.4) is 0 Å². The molecule has 3 heteroatoms. The van der Waals surface area contributed by atoms with Crippen LogP contribution in [-0.2, 0) is 5.41 Å². The standard InChI is InChI=1S/C41H30N2O/c42-37(27-11-2-1-3-12-27)23-24-38(43)30-14-10-13-28(25-30)29-21-22-36-40(26-29)44-39-20-9-8-19-35(39)41(36)33-17-6-4-15-31(33)32-16-5-7-18-34(32)41/h1-7,10-26,42-43H,8-9H2/b24-23-,42-37?,43-38?. The van der Waals surface area contributed by atoms with Crippen LogP contribution in [0.1, 0.15) is 40.7 Å². The molecule has 0 saturated heterocycles. The number of benzene rings is 5. The van der Waals surface area contributed by atoms with Gasteiger partial charge >= 0.3 is 0 Å². The van der Waals surface area contributed by atoms with Crippen LogP contribution in [0.15, 0.2) is 157 Å². The Morgan fingerprint density at radius 2 is 1.18 bits per heavy atom. The van der Waals surface area contributed by atoms with Gasteiger partial charge in [-0.25, -0.2) is 0 Å². The van der Waals surface area contributed by atoms with E-state index in [2.05, 4.69) is 84.9 Å². The van der Waals surface area contributed by atoms with E-state index in [0.717, 1.165) is 52.2 Å². The molecular formula is C41H30N2O. The molecule has 0 aromatic heterocycles. The summed E-state index contributed by atoms with van der Waals surface area (Å²) in [5, 5.41) is 17.1. The minimum Gasteiger partial charge on any atom is -0.457 e. The normalized spacial score (nSPS) is 15.4. The van der Waals surface area contributed by atoms with Gasteiger partial charge in [-0.3, -0.25) is 0 Å². The summed E-state index contributed by atoms with van der Waals surface area (Å²) in [5.74, 6) is 1.82. The van der Waals surface area contributed by atoms with Crippen molar-refractivity contribution in [3.05, 3.63) is 185 Å². The molecule has 1 heterocycles. The Labute approximate surface area is 257 Å². The second kappa shape index (κ2) is 10.3. The van der Waals surface area contributed by atoms with Gasteiger partial charge in [-0.05, 0) is 87.7 Å². The number of allylic oxidation sites excluding steroid dienone is 5. The Morgan fingerprint density at radius 3 is 1.93 bits per heavy atom. The van der Waals surface area contributed by atoms with Gasteiger partial charge in [-0.1, -0.05) is 115 Å². The Kier molecular flexibility index (Phi) is 6.13. The topological polar surface area (TPSA) is 56.9 Å². The van der Waals surface area contributed by atoms with Gasteiger partial charge in [0.05, 0.1) is 16.8 Å². The zero-order valence-corrected chi connectivity index (χ0v) is 24.2. The quantitative estimate of drug-likeness (QED) is 0.204. The predicted molar refractivity (Wildman–Crippen MR) is 179 cm³/mol. The van der Waals surface area contributed by atoms with E-state index in [-0.39, 0.29) is 0 Å². The molecule has 0 unspecified atom stereocenters. The van der Waals surface area contributed by atoms with Crippen LogP contribution in [0.4, 0.5) is 0 Å². The Morgan fingerprint density at radius 1 is 0.568 bits per heavy atom. The van der Waals surface area contributed by atoms with Gasteiger partial charge in [0.25, 0.3) is 0 Å². The lowest BCUT2D eigenvalue weighted by molar-refractivity contribution is 0.383. The van der Waals surface area contributed by atoms with E-state index in [4.69, 9.17) is 15.6 Å². The number of fused-ring (bicyclic) bond motifs is 9. The predicted octanol–water partition coefficient (Wildman–Crippen LogP) is 9.66. The highest BCUT2D eigenvalue weighted by Crippen LogP contribution is 2.62. The zero-order valence-electron chi connectivity index (χ0n) is 24.2. The van der Waals surface area contributed by atoms with Gasteiger partial charge < -0.3 is 15.6 Å². The molecule has 0 atom stereocenters. The van der Waals surface area contributed by atoms with E-state index in [1.807, 2.05) is 48.5 Å². The fourth-order valence-corrected chi connectivity index (χ4v) is 7.11. The summed E-state index contributed by atoms with van der Waals surface area (Å²) in [6, 6.07) is 41.9. The van der Waals surface area contributed by atoms with Crippen LogP contribution >= 0.6 is 0 Å². The summed E-state index contributed by atoms with van der Waals surface area (Å²) in [6.45, 7) is 0. The van der Waals surface area contributed by atoms with Gasteiger partial charge in [0.15, 0.2) is 0 Å². The van der Waals surface area contributed by atoms with Crippen molar-refractivity contribution in [2.45, 2.75) is 18.3 Å². The lowest BCUT2D eigenvalue weighted by Gasteiger charge is -2.42. The summed E-state index contributed by atoms with van der Waals surface area (Å²) in [5.41, 5.74) is 11.6. The minimum absolute atomic E-state index is 0.363. The first-order valence-corrected chi connectivity index (χ1v) is 15.1. The molecule has 3 nitrogen and oxygen atoms in total. The monoisotopic (exact) mass is 566 g/mol. The smallest absolute Gasteiger partial charge is 0.132 e. The summed E-state index contributed by atoms with van der Waals surface area (Å²) >= 11 is 0.